The maximum absolute atomic E-state index is 9.82. The molecule has 0 amide bonds. The first-order valence-electron chi connectivity index (χ1n) is 1.77. The van der Waals surface area contributed by atoms with E-state index in [2.05, 4.69) is 17.8 Å². The van der Waals surface area contributed by atoms with Gasteiger partial charge in [-0.05, 0) is 0 Å². The molecule has 4 nitrogen and oxygen atoms in total. The van der Waals surface area contributed by atoms with Crippen molar-refractivity contribution >= 4 is 24.3 Å². The molecular formula is C3H5NO3S. The number of nitrogens with zero attached hydrogens (tertiary/aromatic N) is 1. The average Bonchev–Trinajstić information content (AvgIpc) is 1.69. The molecule has 0 rings (SSSR count). The summed E-state index contributed by atoms with van der Waals surface area (Å²) < 4.78 is 0. The molecule has 0 saturated heterocycles. The maximum Gasteiger partial charge on any atom is 0.354 e. The van der Waals surface area contributed by atoms with Gasteiger partial charge < -0.3 is 10.3 Å². The smallest absolute Gasteiger partial charge is 0.354 e. The fraction of sp³-hybridized carbons (Fsp3) is 0.333. The molecule has 0 spiro atoms. The zero-order valence-electron chi connectivity index (χ0n) is 3.90. The van der Waals surface area contributed by atoms with Crippen LogP contribution in [0, 0.1) is 0 Å². The minimum atomic E-state index is -1.25. The molecule has 0 heterocycles. The minimum absolute atomic E-state index is 0.0637. The van der Waals surface area contributed by atoms with Gasteiger partial charge in [-0.2, -0.15) is 12.6 Å². The number of carbonyl (C=O) groups is 1. The molecule has 0 radical (unpaired) electrons. The Labute approximate surface area is 51.2 Å². The van der Waals surface area contributed by atoms with E-state index in [0.29, 0.717) is 0 Å². The summed E-state index contributed by atoms with van der Waals surface area (Å²) in [5.41, 5.74) is -0.353. The third kappa shape index (κ3) is 1.83. The second-order valence-corrected chi connectivity index (χ2v) is 1.33. The van der Waals surface area contributed by atoms with Gasteiger partial charge in [0.1, 0.15) is 0 Å². The Kier molecular flexibility index (Phi) is 3.02. The number of hydrogen-bond donors (Lipinski definition) is 3. The Bertz CT molecular complexity index is 122. The Morgan fingerprint density at radius 1 is 1.75 bits per heavy atom. The Balaban J connectivity index is 3.92. The second kappa shape index (κ2) is 3.31. The predicted molar refractivity (Wildman–Crippen MR) is 30.7 cm³/mol. The molecule has 0 aromatic heterocycles. The first-order chi connectivity index (χ1) is 3.72. The molecular weight excluding hydrogens is 130 g/mol. The molecule has 0 unspecified atom stereocenters. The topological polar surface area (TPSA) is 69.9 Å². The number of oxime groups is 1. The van der Waals surface area contributed by atoms with Crippen molar-refractivity contribution in [2.75, 3.05) is 5.75 Å². The fourth-order valence-electron chi connectivity index (χ4n) is 0.142. The van der Waals surface area contributed by atoms with Crippen LogP contribution < -0.4 is 0 Å². The highest BCUT2D eigenvalue weighted by Crippen LogP contribution is 1.80. The van der Waals surface area contributed by atoms with Crippen molar-refractivity contribution in [3.8, 4) is 0 Å². The largest absolute Gasteiger partial charge is 0.477 e. The van der Waals surface area contributed by atoms with Gasteiger partial charge in [0, 0.05) is 5.75 Å². The second-order valence-electron chi connectivity index (χ2n) is 1.01. The van der Waals surface area contributed by atoms with Crippen molar-refractivity contribution < 1.29 is 15.1 Å². The normalized spacial score (nSPS) is 11.4. The van der Waals surface area contributed by atoms with Crippen LogP contribution in [0.5, 0.6) is 0 Å². The maximum atomic E-state index is 9.82. The number of hydrogen-bond acceptors (Lipinski definition) is 4. The Morgan fingerprint density at radius 3 is 2.25 bits per heavy atom. The zero-order chi connectivity index (χ0) is 6.57. The van der Waals surface area contributed by atoms with E-state index in [4.69, 9.17) is 10.3 Å². The molecule has 0 fully saturated rings. The molecule has 0 aliphatic heterocycles. The highest BCUT2D eigenvalue weighted by atomic mass is 32.1. The summed E-state index contributed by atoms with van der Waals surface area (Å²) in [6.07, 6.45) is 0. The Morgan fingerprint density at radius 2 is 2.25 bits per heavy atom. The first-order valence-corrected chi connectivity index (χ1v) is 2.40. The van der Waals surface area contributed by atoms with E-state index in [-0.39, 0.29) is 11.5 Å². The van der Waals surface area contributed by atoms with Crippen molar-refractivity contribution in [2.24, 2.45) is 5.16 Å². The van der Waals surface area contributed by atoms with E-state index >= 15 is 0 Å². The number of aliphatic carboxylic acids is 1. The van der Waals surface area contributed by atoms with Crippen molar-refractivity contribution in [3.05, 3.63) is 0 Å². The van der Waals surface area contributed by atoms with Gasteiger partial charge >= 0.3 is 5.97 Å². The summed E-state index contributed by atoms with van der Waals surface area (Å²) in [6, 6.07) is 0. The molecule has 0 aromatic rings. The van der Waals surface area contributed by atoms with Crippen LogP contribution in [0.1, 0.15) is 0 Å². The summed E-state index contributed by atoms with van der Waals surface area (Å²) in [6.45, 7) is 0. The van der Waals surface area contributed by atoms with E-state index in [0.717, 1.165) is 0 Å². The van der Waals surface area contributed by atoms with Gasteiger partial charge in [-0.15, -0.1) is 0 Å². The van der Waals surface area contributed by atoms with Gasteiger partial charge in [-0.25, -0.2) is 4.79 Å². The summed E-state index contributed by atoms with van der Waals surface area (Å²) in [4.78, 5) is 9.82. The summed E-state index contributed by atoms with van der Waals surface area (Å²) in [7, 11) is 0. The van der Waals surface area contributed by atoms with E-state index in [9.17, 15) is 4.79 Å². The average molecular weight is 135 g/mol. The van der Waals surface area contributed by atoms with Crippen LogP contribution in [0.4, 0.5) is 0 Å². The standard InChI is InChI=1S/C3H5NO3S/c5-3(6)2(1-8)4-7/h7-8H,1H2,(H,5,6)/b4-2-. The number of carboxylic acids is 1. The fourth-order valence-corrected chi connectivity index (χ4v) is 0.341. The number of carboxylic acid groups (broad SMARTS) is 1. The molecule has 0 saturated carbocycles. The first kappa shape index (κ1) is 7.29. The van der Waals surface area contributed by atoms with E-state index in [1.165, 1.54) is 0 Å². The SMILES string of the molecule is O=C(O)/C(CS)=N\O. The van der Waals surface area contributed by atoms with E-state index < -0.39 is 5.97 Å². The lowest BCUT2D eigenvalue weighted by Gasteiger charge is -1.87. The van der Waals surface area contributed by atoms with Gasteiger partial charge in [0.2, 0.25) is 0 Å². The minimum Gasteiger partial charge on any atom is -0.477 e. The van der Waals surface area contributed by atoms with Crippen LogP contribution in [0.25, 0.3) is 0 Å². The molecule has 0 aliphatic rings. The van der Waals surface area contributed by atoms with Gasteiger partial charge in [0.25, 0.3) is 0 Å². The summed E-state index contributed by atoms with van der Waals surface area (Å²) in [5, 5.41) is 18.3. The highest BCUT2D eigenvalue weighted by molar-refractivity contribution is 7.81. The number of thiol groups is 1. The zero-order valence-corrected chi connectivity index (χ0v) is 4.80. The summed E-state index contributed by atoms with van der Waals surface area (Å²) >= 11 is 3.56. The predicted octanol–water partition coefficient (Wildman–Crippen LogP) is -0.169. The quantitative estimate of drug-likeness (QED) is 0.213. The van der Waals surface area contributed by atoms with Crippen LogP contribution in [-0.2, 0) is 4.79 Å². The van der Waals surface area contributed by atoms with Crippen LogP contribution in [0.3, 0.4) is 0 Å². The van der Waals surface area contributed by atoms with Gasteiger partial charge in [-0.1, -0.05) is 5.16 Å². The van der Waals surface area contributed by atoms with Crippen molar-refractivity contribution in [1.29, 1.82) is 0 Å². The van der Waals surface area contributed by atoms with Gasteiger partial charge in [-0.3, -0.25) is 0 Å². The van der Waals surface area contributed by atoms with Gasteiger partial charge in [0.05, 0.1) is 0 Å². The monoisotopic (exact) mass is 135 g/mol. The molecule has 2 N–H and O–H groups in total. The highest BCUT2D eigenvalue weighted by Gasteiger charge is 2.05. The molecule has 8 heavy (non-hydrogen) atoms. The van der Waals surface area contributed by atoms with Gasteiger partial charge in [0.15, 0.2) is 5.71 Å². The molecule has 0 aliphatic carbocycles. The lowest BCUT2D eigenvalue weighted by Crippen LogP contribution is -2.13. The molecule has 46 valence electrons. The molecule has 0 aromatic carbocycles. The van der Waals surface area contributed by atoms with Crippen LogP contribution >= 0.6 is 12.6 Å². The third-order valence-corrected chi connectivity index (χ3v) is 0.817. The van der Waals surface area contributed by atoms with Crippen molar-refractivity contribution in [1.82, 2.24) is 0 Å². The molecule has 5 heteroatoms. The van der Waals surface area contributed by atoms with Crippen LogP contribution in [0.15, 0.2) is 5.16 Å². The Hall–Kier alpha value is -0.710. The lowest BCUT2D eigenvalue weighted by molar-refractivity contribution is -0.129. The molecule has 0 atom stereocenters. The van der Waals surface area contributed by atoms with E-state index in [1.807, 2.05) is 0 Å². The lowest BCUT2D eigenvalue weighted by atomic mass is 10.4. The number of rotatable bonds is 2. The van der Waals surface area contributed by atoms with Crippen LogP contribution in [0.2, 0.25) is 0 Å². The van der Waals surface area contributed by atoms with Crippen molar-refractivity contribution in [2.45, 2.75) is 0 Å². The van der Waals surface area contributed by atoms with E-state index in [1.54, 1.807) is 0 Å². The summed E-state index contributed by atoms with van der Waals surface area (Å²) in [5.74, 6) is -1.31. The third-order valence-electron chi connectivity index (χ3n) is 0.517. The molecule has 0 bridgehead atoms. The van der Waals surface area contributed by atoms with Crippen molar-refractivity contribution in [3.63, 3.8) is 0 Å². The van der Waals surface area contributed by atoms with Crippen LogP contribution in [-0.4, -0.2) is 27.7 Å².